The van der Waals surface area contributed by atoms with Crippen LogP contribution in [0.3, 0.4) is 0 Å². The average Bonchev–Trinajstić information content (AvgIpc) is 3.60. The highest BCUT2D eigenvalue weighted by Crippen LogP contribution is 2.46. The number of allylic oxidation sites excluding steroid dienone is 3. The number of rotatable bonds is 7. The topological polar surface area (TPSA) is 103 Å². The summed E-state index contributed by atoms with van der Waals surface area (Å²) in [5.41, 5.74) is 2.88. The third kappa shape index (κ3) is 4.34. The molecule has 0 unspecified atom stereocenters. The summed E-state index contributed by atoms with van der Waals surface area (Å²) in [5.74, 6) is -0.250. The molecule has 3 aliphatic rings. The summed E-state index contributed by atoms with van der Waals surface area (Å²) in [4.78, 5) is 32.1. The number of hydrogen-bond acceptors (Lipinski definition) is 6. The first-order chi connectivity index (χ1) is 16.9. The summed E-state index contributed by atoms with van der Waals surface area (Å²) in [7, 11) is 0. The molecule has 0 spiro atoms. The average molecular weight is 481 g/mol. The van der Waals surface area contributed by atoms with Crippen molar-refractivity contribution in [2.24, 2.45) is 11.1 Å². The number of aliphatic hydroxyl groups excluding tert-OH is 1. The number of fused-ring (bicyclic) bond motifs is 4. The van der Waals surface area contributed by atoms with E-state index in [-0.39, 0.29) is 12.0 Å². The summed E-state index contributed by atoms with van der Waals surface area (Å²) in [6.07, 6.45) is 5.10. The summed E-state index contributed by atoms with van der Waals surface area (Å²) in [6, 6.07) is 8.20. The van der Waals surface area contributed by atoms with E-state index < -0.39 is 29.6 Å². The van der Waals surface area contributed by atoms with E-state index in [2.05, 4.69) is 32.0 Å². The highest BCUT2D eigenvalue weighted by atomic mass is 16.6. The summed E-state index contributed by atoms with van der Waals surface area (Å²) >= 11 is 0. The van der Waals surface area contributed by atoms with Gasteiger partial charge in [0.25, 0.3) is 0 Å². The molecule has 5 atom stereocenters. The maximum absolute atomic E-state index is 13.4. The molecule has 0 amide bonds. The molecule has 186 valence electrons. The molecule has 3 heterocycles. The minimum Gasteiger partial charge on any atom is -0.392 e. The largest absolute Gasteiger partial charge is 0.392 e. The Bertz CT molecular complexity index is 1300. The third-order valence-corrected chi connectivity index (χ3v) is 7.07. The Labute approximate surface area is 203 Å². The fraction of sp³-hybridized carbons (Fsp3) is 0.500. The molecule has 1 N–H and O–H groups in total. The molecule has 9 nitrogen and oxygen atoms in total. The van der Waals surface area contributed by atoms with Crippen molar-refractivity contribution in [3.05, 3.63) is 74.6 Å². The van der Waals surface area contributed by atoms with Gasteiger partial charge in [0.15, 0.2) is 0 Å². The van der Waals surface area contributed by atoms with Crippen LogP contribution in [0.25, 0.3) is 5.69 Å². The molecule has 35 heavy (non-hydrogen) atoms. The fourth-order valence-corrected chi connectivity index (χ4v) is 5.22. The number of epoxide rings is 1. The highest BCUT2D eigenvalue weighted by Gasteiger charge is 2.61. The Morgan fingerprint density at radius 3 is 2.69 bits per heavy atom. The van der Waals surface area contributed by atoms with Crippen LogP contribution in [-0.2, 0) is 16.1 Å². The number of oxime groups is 1. The SMILES string of the molecule is CC(C)=CCCC(C)=CCON=C1[C@H]2CCn3c(=O)n(-c4ccccc4)c(=O)n3[C@H]2[C@H](O)[C@@H]2O[C@H]12. The molecule has 1 aromatic carbocycles. The molecule has 1 saturated carbocycles. The molecule has 1 aromatic heterocycles. The normalized spacial score (nSPS) is 28.2. The van der Waals surface area contributed by atoms with Crippen molar-refractivity contribution in [1.29, 1.82) is 0 Å². The van der Waals surface area contributed by atoms with E-state index in [1.165, 1.54) is 20.5 Å². The Hall–Kier alpha value is -3.17. The predicted octanol–water partition coefficient (Wildman–Crippen LogP) is 2.57. The lowest BCUT2D eigenvalue weighted by molar-refractivity contribution is 0.0326. The number of hydrogen-bond donors (Lipinski definition) is 1. The number of benzene rings is 1. The van der Waals surface area contributed by atoms with Gasteiger partial charge in [-0.3, -0.25) is 0 Å². The zero-order chi connectivity index (χ0) is 24.7. The maximum atomic E-state index is 13.4. The van der Waals surface area contributed by atoms with Crippen molar-refractivity contribution < 1.29 is 14.7 Å². The zero-order valence-electron chi connectivity index (χ0n) is 20.3. The zero-order valence-corrected chi connectivity index (χ0v) is 20.3. The minimum absolute atomic E-state index is 0.250. The van der Waals surface area contributed by atoms with Crippen molar-refractivity contribution in [3.8, 4) is 5.69 Å². The van der Waals surface area contributed by atoms with Crippen molar-refractivity contribution in [3.63, 3.8) is 0 Å². The van der Waals surface area contributed by atoms with Crippen molar-refractivity contribution in [2.75, 3.05) is 6.61 Å². The van der Waals surface area contributed by atoms with Crippen LogP contribution in [-0.4, -0.2) is 49.7 Å². The van der Waals surface area contributed by atoms with Crippen LogP contribution in [0.5, 0.6) is 0 Å². The van der Waals surface area contributed by atoms with Crippen LogP contribution >= 0.6 is 0 Å². The van der Waals surface area contributed by atoms with Gasteiger partial charge in [-0.15, -0.1) is 0 Å². The second-order valence-electron chi connectivity index (χ2n) is 9.78. The molecule has 9 heteroatoms. The number of para-hydroxylation sites is 1. The summed E-state index contributed by atoms with van der Waals surface area (Å²) in [5, 5.41) is 15.4. The number of aromatic nitrogens is 3. The van der Waals surface area contributed by atoms with Crippen LogP contribution in [0, 0.1) is 5.92 Å². The predicted molar refractivity (Wildman–Crippen MR) is 132 cm³/mol. The van der Waals surface area contributed by atoms with E-state index in [1.54, 1.807) is 24.3 Å². The van der Waals surface area contributed by atoms with E-state index in [4.69, 9.17) is 9.57 Å². The number of aliphatic hydroxyl groups is 1. The molecule has 2 aromatic rings. The second-order valence-corrected chi connectivity index (χ2v) is 9.78. The Balaban J connectivity index is 1.38. The molecule has 0 radical (unpaired) electrons. The first-order valence-electron chi connectivity index (χ1n) is 12.2. The molecular weight excluding hydrogens is 448 g/mol. The van der Waals surface area contributed by atoms with Crippen molar-refractivity contribution in [1.82, 2.24) is 13.9 Å². The van der Waals surface area contributed by atoms with Gasteiger partial charge in [-0.1, -0.05) is 40.6 Å². The van der Waals surface area contributed by atoms with Crippen LogP contribution < -0.4 is 11.4 Å². The standard InChI is InChI=1S/C26H32N4O5/c1-16(2)8-7-9-17(3)13-15-34-27-20-19-12-14-28-25(32)29(18-10-5-4-6-11-18)26(33)30(28)21(19)22(31)24-23(20)35-24/h4-6,8,10-11,13,19,21-24,31H,7,9,12,14-15H2,1-3H3/t19-,21-,22+,23-,24+/m1/s1. The van der Waals surface area contributed by atoms with Gasteiger partial charge in [0.05, 0.1) is 17.4 Å². The quantitative estimate of drug-likeness (QED) is 0.284. The Morgan fingerprint density at radius 1 is 1.17 bits per heavy atom. The molecule has 1 aliphatic carbocycles. The number of nitrogens with zero attached hydrogens (tertiary/aromatic N) is 4. The monoisotopic (exact) mass is 480 g/mol. The van der Waals surface area contributed by atoms with E-state index in [9.17, 15) is 14.7 Å². The van der Waals surface area contributed by atoms with Gasteiger partial charge < -0.3 is 14.7 Å². The minimum atomic E-state index is -0.906. The first kappa shape index (κ1) is 23.6. The van der Waals surface area contributed by atoms with E-state index >= 15 is 0 Å². The van der Waals surface area contributed by atoms with Crippen molar-refractivity contribution >= 4 is 5.71 Å². The molecule has 2 fully saturated rings. The third-order valence-electron chi connectivity index (χ3n) is 7.07. The van der Waals surface area contributed by atoms with Crippen molar-refractivity contribution in [2.45, 2.75) is 70.9 Å². The molecule has 0 bridgehead atoms. The summed E-state index contributed by atoms with van der Waals surface area (Å²) < 4.78 is 9.72. The van der Waals surface area contributed by atoms with Crippen LogP contribution in [0.15, 0.2) is 68.4 Å². The molecule has 2 aliphatic heterocycles. The highest BCUT2D eigenvalue weighted by molar-refractivity contribution is 5.94. The van der Waals surface area contributed by atoms with E-state index in [0.29, 0.717) is 31.0 Å². The van der Waals surface area contributed by atoms with Crippen LogP contribution in [0.4, 0.5) is 0 Å². The Morgan fingerprint density at radius 2 is 1.94 bits per heavy atom. The second kappa shape index (κ2) is 9.47. The Kier molecular flexibility index (Phi) is 6.37. The molecule has 5 rings (SSSR count). The van der Waals surface area contributed by atoms with Gasteiger partial charge in [0.1, 0.15) is 24.9 Å². The van der Waals surface area contributed by atoms with Gasteiger partial charge in [0, 0.05) is 12.5 Å². The van der Waals surface area contributed by atoms with Gasteiger partial charge in [-0.05, 0) is 58.2 Å². The first-order valence-corrected chi connectivity index (χ1v) is 12.2. The smallest absolute Gasteiger partial charge is 0.352 e. The van der Waals surface area contributed by atoms with E-state index in [1.807, 2.05) is 12.1 Å². The lowest BCUT2D eigenvalue weighted by atomic mass is 9.78. The summed E-state index contributed by atoms with van der Waals surface area (Å²) in [6.45, 7) is 6.95. The van der Waals surface area contributed by atoms with Gasteiger partial charge in [-0.25, -0.2) is 23.5 Å². The van der Waals surface area contributed by atoms with Gasteiger partial charge >= 0.3 is 11.4 Å². The van der Waals surface area contributed by atoms with Gasteiger partial charge in [-0.2, -0.15) is 0 Å². The fourth-order valence-electron chi connectivity index (χ4n) is 5.22. The maximum Gasteiger partial charge on any atom is 0.352 e. The van der Waals surface area contributed by atoms with E-state index in [0.717, 1.165) is 17.4 Å². The van der Waals surface area contributed by atoms with Crippen LogP contribution in [0.1, 0.15) is 46.1 Å². The lowest BCUT2D eigenvalue weighted by Crippen LogP contribution is -2.53. The van der Waals surface area contributed by atoms with Gasteiger partial charge in [0.2, 0.25) is 0 Å². The molecular formula is C26H32N4O5. The number of ether oxygens (including phenoxy) is 1. The molecule has 1 saturated heterocycles. The van der Waals surface area contributed by atoms with Crippen LogP contribution in [0.2, 0.25) is 0 Å². The lowest BCUT2D eigenvalue weighted by Gasteiger charge is -2.38.